The van der Waals surface area contributed by atoms with Crippen LogP contribution >= 0.6 is 0 Å². The lowest BCUT2D eigenvalue weighted by Crippen LogP contribution is -2.40. The third-order valence-electron chi connectivity index (χ3n) is 4.56. The molecule has 1 N–H and O–H groups in total. The first kappa shape index (κ1) is 16.2. The third-order valence-corrected chi connectivity index (χ3v) is 4.56. The Kier molecular flexibility index (Phi) is 4.94. The van der Waals surface area contributed by atoms with E-state index < -0.39 is 0 Å². The molecule has 0 spiro atoms. The van der Waals surface area contributed by atoms with Crippen LogP contribution in [0.4, 0.5) is 0 Å². The molecule has 1 aliphatic rings. The summed E-state index contributed by atoms with van der Waals surface area (Å²) in [4.78, 5) is 26.6. The van der Waals surface area contributed by atoms with Gasteiger partial charge in [-0.2, -0.15) is 0 Å². The van der Waals surface area contributed by atoms with E-state index in [1.807, 2.05) is 35.2 Å². The van der Waals surface area contributed by atoms with E-state index in [0.29, 0.717) is 5.56 Å². The highest BCUT2D eigenvalue weighted by Gasteiger charge is 2.30. The predicted octanol–water partition coefficient (Wildman–Crippen LogP) is 3.09. The van der Waals surface area contributed by atoms with Crippen LogP contribution in [-0.4, -0.2) is 29.8 Å². The van der Waals surface area contributed by atoms with Crippen LogP contribution in [0.15, 0.2) is 54.6 Å². The van der Waals surface area contributed by atoms with Gasteiger partial charge in [0.15, 0.2) is 0 Å². The number of hydrogen-bond acceptors (Lipinski definition) is 2. The molecule has 0 radical (unpaired) electrons. The van der Waals surface area contributed by atoms with Gasteiger partial charge in [-0.15, -0.1) is 0 Å². The largest absolute Gasteiger partial charge is 0.343 e. The van der Waals surface area contributed by atoms with E-state index in [2.05, 4.69) is 24.4 Å². The number of rotatable bonds is 4. The second-order valence-corrected chi connectivity index (χ2v) is 6.15. The summed E-state index contributed by atoms with van der Waals surface area (Å²) in [6, 6.07) is 17.3. The molecule has 24 heavy (non-hydrogen) atoms. The summed E-state index contributed by atoms with van der Waals surface area (Å²) in [6.07, 6.45) is 1.97. The normalized spacial score (nSPS) is 16.9. The first-order valence-electron chi connectivity index (χ1n) is 8.35. The van der Waals surface area contributed by atoms with Gasteiger partial charge >= 0.3 is 0 Å². The van der Waals surface area contributed by atoms with Gasteiger partial charge in [0.1, 0.15) is 0 Å². The standard InChI is InChI=1S/C20H22N2O2/c1-15-8-5-6-11-17(15)18-12-7-13-22(18)19(23)14-21-20(24)16-9-3-2-4-10-16/h2-6,8-11,18H,7,12-14H2,1H3,(H,21,24)/t18-/m0/s1. The quantitative estimate of drug-likeness (QED) is 0.940. The minimum absolute atomic E-state index is 0.0231. The Morgan fingerprint density at radius 1 is 1.08 bits per heavy atom. The molecule has 1 atom stereocenters. The summed E-state index contributed by atoms with van der Waals surface area (Å²) in [5, 5.41) is 2.73. The van der Waals surface area contributed by atoms with E-state index >= 15 is 0 Å². The number of benzene rings is 2. The Morgan fingerprint density at radius 3 is 2.54 bits per heavy atom. The van der Waals surface area contributed by atoms with Crippen molar-refractivity contribution in [3.05, 3.63) is 71.3 Å². The summed E-state index contributed by atoms with van der Waals surface area (Å²) < 4.78 is 0. The summed E-state index contributed by atoms with van der Waals surface area (Å²) in [5.41, 5.74) is 2.98. The molecule has 4 nitrogen and oxygen atoms in total. The van der Waals surface area contributed by atoms with Gasteiger partial charge in [-0.25, -0.2) is 0 Å². The van der Waals surface area contributed by atoms with Gasteiger partial charge in [-0.05, 0) is 43.0 Å². The zero-order valence-electron chi connectivity index (χ0n) is 13.9. The van der Waals surface area contributed by atoms with Crippen molar-refractivity contribution in [1.82, 2.24) is 10.2 Å². The van der Waals surface area contributed by atoms with Crippen LogP contribution in [0.3, 0.4) is 0 Å². The fourth-order valence-electron chi connectivity index (χ4n) is 3.30. The number of carbonyl (C=O) groups is 2. The summed E-state index contributed by atoms with van der Waals surface area (Å²) in [7, 11) is 0. The van der Waals surface area contributed by atoms with Gasteiger partial charge in [0, 0.05) is 12.1 Å². The highest BCUT2D eigenvalue weighted by atomic mass is 16.2. The molecule has 2 aromatic rings. The zero-order valence-corrected chi connectivity index (χ0v) is 13.9. The molecule has 2 aromatic carbocycles. The summed E-state index contributed by atoms with van der Waals surface area (Å²) >= 11 is 0. The maximum absolute atomic E-state index is 12.6. The first-order valence-corrected chi connectivity index (χ1v) is 8.35. The molecule has 1 heterocycles. The smallest absolute Gasteiger partial charge is 0.251 e. The number of aryl methyl sites for hydroxylation is 1. The molecule has 0 aliphatic carbocycles. The maximum atomic E-state index is 12.6. The molecule has 0 saturated carbocycles. The minimum Gasteiger partial charge on any atom is -0.343 e. The van der Waals surface area contributed by atoms with Crippen molar-refractivity contribution in [3.63, 3.8) is 0 Å². The predicted molar refractivity (Wildman–Crippen MR) is 93.6 cm³/mol. The third kappa shape index (κ3) is 3.48. The van der Waals surface area contributed by atoms with Crippen molar-refractivity contribution >= 4 is 11.8 Å². The average molecular weight is 322 g/mol. The van der Waals surface area contributed by atoms with Gasteiger partial charge in [0.25, 0.3) is 5.91 Å². The lowest BCUT2D eigenvalue weighted by Gasteiger charge is -2.26. The highest BCUT2D eigenvalue weighted by molar-refractivity contribution is 5.96. The van der Waals surface area contributed by atoms with Crippen molar-refractivity contribution in [2.45, 2.75) is 25.8 Å². The number of hydrogen-bond donors (Lipinski definition) is 1. The molecule has 0 unspecified atom stereocenters. The summed E-state index contributed by atoms with van der Waals surface area (Å²) in [5.74, 6) is -0.236. The SMILES string of the molecule is Cc1ccccc1[C@@H]1CCCN1C(=O)CNC(=O)c1ccccc1. The molecule has 1 saturated heterocycles. The van der Waals surface area contributed by atoms with Crippen LogP contribution < -0.4 is 5.32 Å². The van der Waals surface area contributed by atoms with Gasteiger partial charge in [-0.3, -0.25) is 9.59 Å². The van der Waals surface area contributed by atoms with Crippen molar-refractivity contribution in [2.24, 2.45) is 0 Å². The van der Waals surface area contributed by atoms with Gasteiger partial charge in [-0.1, -0.05) is 42.5 Å². The number of likely N-dealkylation sites (tertiary alicyclic amines) is 1. The van der Waals surface area contributed by atoms with E-state index in [4.69, 9.17) is 0 Å². The van der Waals surface area contributed by atoms with Gasteiger partial charge in [0.2, 0.25) is 5.91 Å². The Hall–Kier alpha value is -2.62. The molecular formula is C20H22N2O2. The highest BCUT2D eigenvalue weighted by Crippen LogP contribution is 2.33. The maximum Gasteiger partial charge on any atom is 0.251 e. The monoisotopic (exact) mass is 322 g/mol. The van der Waals surface area contributed by atoms with Crippen LogP contribution in [-0.2, 0) is 4.79 Å². The molecule has 3 rings (SSSR count). The molecule has 1 fully saturated rings. The van der Waals surface area contributed by atoms with Crippen LogP contribution in [0.5, 0.6) is 0 Å². The number of nitrogens with one attached hydrogen (secondary N) is 1. The fourth-order valence-corrected chi connectivity index (χ4v) is 3.30. The van der Waals surface area contributed by atoms with Gasteiger partial charge in [0.05, 0.1) is 12.6 Å². The van der Waals surface area contributed by atoms with Crippen LogP contribution in [0.25, 0.3) is 0 Å². The Labute approximate surface area is 142 Å². The van der Waals surface area contributed by atoms with Crippen molar-refractivity contribution in [3.8, 4) is 0 Å². The van der Waals surface area contributed by atoms with Crippen molar-refractivity contribution in [1.29, 1.82) is 0 Å². The number of nitrogens with zero attached hydrogens (tertiary/aromatic N) is 1. The molecular weight excluding hydrogens is 300 g/mol. The first-order chi connectivity index (χ1) is 11.7. The van der Waals surface area contributed by atoms with E-state index in [1.165, 1.54) is 11.1 Å². The second-order valence-electron chi connectivity index (χ2n) is 6.15. The Bertz CT molecular complexity index is 727. The van der Waals surface area contributed by atoms with E-state index in [1.54, 1.807) is 12.1 Å². The number of amides is 2. The topological polar surface area (TPSA) is 49.4 Å². The molecule has 4 heteroatoms. The zero-order chi connectivity index (χ0) is 16.9. The fraction of sp³-hybridized carbons (Fsp3) is 0.300. The molecule has 2 amide bonds. The number of carbonyl (C=O) groups excluding carboxylic acids is 2. The lowest BCUT2D eigenvalue weighted by molar-refractivity contribution is -0.131. The molecule has 1 aliphatic heterocycles. The van der Waals surface area contributed by atoms with Crippen molar-refractivity contribution in [2.75, 3.05) is 13.1 Å². The van der Waals surface area contributed by atoms with E-state index in [0.717, 1.165) is 19.4 Å². The lowest BCUT2D eigenvalue weighted by atomic mass is 9.99. The minimum atomic E-state index is -0.212. The Morgan fingerprint density at radius 2 is 1.79 bits per heavy atom. The van der Waals surface area contributed by atoms with Crippen LogP contribution in [0, 0.1) is 6.92 Å². The molecule has 0 bridgehead atoms. The molecule has 124 valence electrons. The Balaban J connectivity index is 1.64. The van der Waals surface area contributed by atoms with Crippen LogP contribution in [0.1, 0.15) is 40.4 Å². The second kappa shape index (κ2) is 7.30. The van der Waals surface area contributed by atoms with E-state index in [-0.39, 0.29) is 24.4 Å². The van der Waals surface area contributed by atoms with Crippen LogP contribution in [0.2, 0.25) is 0 Å². The molecule has 0 aromatic heterocycles. The van der Waals surface area contributed by atoms with Gasteiger partial charge < -0.3 is 10.2 Å². The summed E-state index contributed by atoms with van der Waals surface area (Å²) in [6.45, 7) is 2.86. The van der Waals surface area contributed by atoms with E-state index in [9.17, 15) is 9.59 Å². The van der Waals surface area contributed by atoms with Crippen molar-refractivity contribution < 1.29 is 9.59 Å². The average Bonchev–Trinajstić information content (AvgIpc) is 3.10.